The molecule has 0 atom stereocenters. The van der Waals surface area contributed by atoms with Crippen molar-refractivity contribution in [1.82, 2.24) is 5.32 Å². The first-order valence-corrected chi connectivity index (χ1v) is 51.5. The zero-order valence-corrected chi connectivity index (χ0v) is 87.6. The summed E-state index contributed by atoms with van der Waals surface area (Å²) in [5, 5.41) is 2.86. The lowest BCUT2D eigenvalue weighted by Crippen LogP contribution is -2.27. The first kappa shape index (κ1) is 129. The smallest absolute Gasteiger partial charge is 0.308 e. The van der Waals surface area contributed by atoms with Crippen LogP contribution in [-0.2, 0) is 171 Å². The Morgan fingerprint density at radius 2 is 0.444 bits per heavy atom. The van der Waals surface area contributed by atoms with E-state index in [1.807, 2.05) is 45.0 Å². The molecule has 0 aromatic heterocycles. The van der Waals surface area contributed by atoms with Gasteiger partial charge in [0, 0.05) is 46.3 Å². The van der Waals surface area contributed by atoms with E-state index >= 15 is 0 Å². The van der Waals surface area contributed by atoms with E-state index in [9.17, 15) is 9.59 Å². The molecule has 38 nitrogen and oxygen atoms in total. The third-order valence-corrected chi connectivity index (χ3v) is 21.0. The van der Waals surface area contributed by atoms with Crippen molar-refractivity contribution in [2.24, 2.45) is 0 Å². The minimum Gasteiger partial charge on any atom is -0.494 e. The van der Waals surface area contributed by atoms with Gasteiger partial charge in [0.15, 0.2) is 0 Å². The monoisotopic (exact) mass is 2060 g/mol. The maximum Gasteiger partial charge on any atom is 0.308 e. The standard InChI is InChI=1S/C106H177NO37/c1-93(108)107-26-7-8-29-142-98-17-11-94(12-18-98)96-15-21-100-101-22-16-97(95-13-19-99(20-14-95)143-90-89-141-88-87-140-86-85-139-84-83-138-70-67-129-60-57-124-50-47-119-40-37-114-30-23-104(109)144-105(2,3)4)92-103(101)106(102(100)91-96,24-9-27-112-35-38-117-45-48-122-55-58-127-65-68-132-75-77-136-81-79-134-73-71-130-63-61-125-53-51-120-43-41-115-33-31-110-5)25-10-28-113-36-39-118-46-49-123-56-59-128-66-69-133-76-78-137-82-80-135-74-72-131-64-62-126-54-52-121-44-42-116-34-32-111-6/h11-22,91-92H,7-10,23-90H2,1-6H3,(H,107,108). The molecule has 828 valence electrons. The summed E-state index contributed by atoms with van der Waals surface area (Å²) in [6.07, 6.45) is 5.05. The van der Waals surface area contributed by atoms with E-state index in [1.165, 1.54) is 29.2 Å². The van der Waals surface area contributed by atoms with E-state index < -0.39 is 11.0 Å². The molecule has 38 heteroatoms. The van der Waals surface area contributed by atoms with E-state index in [4.69, 9.17) is 166 Å². The minimum absolute atomic E-state index is 0.0330. The van der Waals surface area contributed by atoms with Gasteiger partial charge in [0.25, 0.3) is 0 Å². The van der Waals surface area contributed by atoms with Gasteiger partial charge in [-0.15, -0.1) is 0 Å². The molecule has 0 spiro atoms. The van der Waals surface area contributed by atoms with Crippen LogP contribution in [0.3, 0.4) is 0 Å². The highest BCUT2D eigenvalue weighted by atomic mass is 16.6. The number of hydrogen-bond acceptors (Lipinski definition) is 37. The molecule has 0 aliphatic heterocycles. The number of rotatable bonds is 110. The van der Waals surface area contributed by atoms with Crippen LogP contribution >= 0.6 is 0 Å². The lowest BCUT2D eigenvalue weighted by molar-refractivity contribution is -0.156. The summed E-state index contributed by atoms with van der Waals surface area (Å²) in [5.74, 6) is 1.22. The predicted molar refractivity (Wildman–Crippen MR) is 540 cm³/mol. The second-order valence-corrected chi connectivity index (χ2v) is 33.4. The molecule has 0 saturated heterocycles. The van der Waals surface area contributed by atoms with Crippen LogP contribution in [0.15, 0.2) is 84.9 Å². The Morgan fingerprint density at radius 3 is 0.674 bits per heavy atom. The number of carbonyl (C=O) groups excluding carboxylic acids is 2. The lowest BCUT2D eigenvalue weighted by atomic mass is 9.70. The van der Waals surface area contributed by atoms with Gasteiger partial charge in [0.1, 0.15) is 23.7 Å². The van der Waals surface area contributed by atoms with Crippen LogP contribution in [0.4, 0.5) is 0 Å². The number of amides is 1. The van der Waals surface area contributed by atoms with Crippen LogP contribution in [-0.4, -0.2) is 461 Å². The number of methoxy groups -OCH3 is 2. The SMILES string of the molecule is COCCOCCOCCOCCOCCOCCOCCOCCOCCOCCOCCOCCCC1(CCCOCCOCCOCCOCCOCCOCCOCCOCCOCCOCCOCCOC)c2cc(-c3ccc(OCCCCNC(C)=O)cc3)ccc2-c2ccc(-c3ccc(OCCOCCOCCOCCOCCOCCOCCOCCOCCC(=O)OC(C)(C)C)cc3)cc21. The quantitative estimate of drug-likeness (QED) is 0.0317. The number of nitrogens with one attached hydrogen (secondary N) is 1. The van der Waals surface area contributed by atoms with Crippen molar-refractivity contribution in [3.8, 4) is 44.9 Å². The molecule has 1 N–H and O–H groups in total. The van der Waals surface area contributed by atoms with E-state index in [0.717, 1.165) is 72.3 Å². The maximum atomic E-state index is 11.8. The average molecular weight is 2060 g/mol. The summed E-state index contributed by atoms with van der Waals surface area (Å²) in [6.45, 7) is 37.6. The van der Waals surface area contributed by atoms with Gasteiger partial charge in [0.05, 0.1) is 409 Å². The maximum absolute atomic E-state index is 11.8. The summed E-state index contributed by atoms with van der Waals surface area (Å²) in [5.41, 5.74) is 8.38. The predicted octanol–water partition coefficient (Wildman–Crippen LogP) is 10.0. The van der Waals surface area contributed by atoms with Gasteiger partial charge in [-0.2, -0.15) is 0 Å². The van der Waals surface area contributed by atoms with Crippen molar-refractivity contribution >= 4 is 11.9 Å². The molecule has 4 aromatic carbocycles. The van der Waals surface area contributed by atoms with Crippen LogP contribution in [0.2, 0.25) is 0 Å². The van der Waals surface area contributed by atoms with Crippen LogP contribution in [0.25, 0.3) is 33.4 Å². The Morgan fingerprint density at radius 1 is 0.236 bits per heavy atom. The summed E-state index contributed by atoms with van der Waals surface area (Å²) in [7, 11) is 3.29. The topological polar surface area (TPSA) is 369 Å². The summed E-state index contributed by atoms with van der Waals surface area (Å²) in [6, 6.07) is 30.4. The molecular weight excluding hydrogens is 1880 g/mol. The third kappa shape index (κ3) is 71.8. The number of fused-ring (bicyclic) bond motifs is 3. The second kappa shape index (κ2) is 94.3. The highest BCUT2D eigenvalue weighted by Crippen LogP contribution is 2.55. The minimum atomic E-state index is -0.503. The summed E-state index contributed by atoms with van der Waals surface area (Å²) in [4.78, 5) is 23.2. The Kier molecular flexibility index (Phi) is 84.2. The molecule has 0 fully saturated rings. The van der Waals surface area contributed by atoms with E-state index in [1.54, 1.807) is 14.2 Å². The fraction of sp³-hybridized carbons (Fsp3) is 0.755. The molecule has 4 aromatic rings. The second-order valence-electron chi connectivity index (χ2n) is 33.4. The number of carbonyl (C=O) groups is 2. The Balaban J connectivity index is 1.02. The Bertz CT molecular complexity index is 3440. The van der Waals surface area contributed by atoms with Gasteiger partial charge in [-0.3, -0.25) is 9.59 Å². The van der Waals surface area contributed by atoms with Gasteiger partial charge in [-0.1, -0.05) is 48.5 Å². The van der Waals surface area contributed by atoms with Crippen molar-refractivity contribution in [1.29, 1.82) is 0 Å². The van der Waals surface area contributed by atoms with Crippen LogP contribution in [0.5, 0.6) is 11.5 Å². The molecule has 1 amide bonds. The highest BCUT2D eigenvalue weighted by Gasteiger charge is 2.43. The zero-order valence-electron chi connectivity index (χ0n) is 87.6. The molecule has 5 rings (SSSR count). The number of unbranched alkanes of at least 4 members (excludes halogenated alkanes) is 1. The molecule has 0 bridgehead atoms. The van der Waals surface area contributed by atoms with Crippen LogP contribution in [0, 0.1) is 0 Å². The fourth-order valence-corrected chi connectivity index (χ4v) is 13.9. The first-order chi connectivity index (χ1) is 71.0. The zero-order chi connectivity index (χ0) is 102. The van der Waals surface area contributed by atoms with Crippen molar-refractivity contribution in [2.45, 2.75) is 83.7 Å². The molecule has 0 unspecified atom stereocenters. The number of benzene rings is 4. The normalized spacial score (nSPS) is 12.3. The molecule has 0 radical (unpaired) electrons. The van der Waals surface area contributed by atoms with Crippen LogP contribution < -0.4 is 14.8 Å². The number of esters is 1. The van der Waals surface area contributed by atoms with Crippen molar-refractivity contribution in [3.63, 3.8) is 0 Å². The average Bonchev–Trinajstić information content (AvgIpc) is 1.55. The molecule has 0 heterocycles. The van der Waals surface area contributed by atoms with Gasteiger partial charge in [-0.25, -0.2) is 0 Å². The van der Waals surface area contributed by atoms with E-state index in [0.29, 0.717) is 429 Å². The highest BCUT2D eigenvalue weighted by molar-refractivity contribution is 5.86. The molecule has 1 aliphatic carbocycles. The van der Waals surface area contributed by atoms with Gasteiger partial charge in [0.2, 0.25) is 5.91 Å². The lowest BCUT2D eigenvalue weighted by Gasteiger charge is -2.33. The van der Waals surface area contributed by atoms with Crippen molar-refractivity contribution < 1.29 is 175 Å². The van der Waals surface area contributed by atoms with Gasteiger partial charge >= 0.3 is 5.97 Å². The van der Waals surface area contributed by atoms with E-state index in [2.05, 4.69) is 66.0 Å². The van der Waals surface area contributed by atoms with Crippen LogP contribution in [0.1, 0.15) is 83.8 Å². The summed E-state index contributed by atoms with van der Waals surface area (Å²) < 4.78 is 198. The number of hydrogen-bond donors (Lipinski definition) is 1. The largest absolute Gasteiger partial charge is 0.494 e. The molecule has 0 saturated carbocycles. The van der Waals surface area contributed by atoms with E-state index in [-0.39, 0.29) is 18.3 Å². The molecule has 144 heavy (non-hydrogen) atoms. The molecule has 1 aliphatic rings. The van der Waals surface area contributed by atoms with Crippen molar-refractivity contribution in [2.75, 3.05) is 444 Å². The molecular formula is C106H177NO37. The van der Waals surface area contributed by atoms with Gasteiger partial charge in [-0.05, 0) is 140 Å². The number of ether oxygens (including phenoxy) is 35. The summed E-state index contributed by atoms with van der Waals surface area (Å²) >= 11 is 0. The third-order valence-electron chi connectivity index (χ3n) is 21.0. The van der Waals surface area contributed by atoms with Gasteiger partial charge < -0.3 is 171 Å². The first-order valence-electron chi connectivity index (χ1n) is 51.5. The van der Waals surface area contributed by atoms with Crippen molar-refractivity contribution in [3.05, 3.63) is 96.1 Å². The Hall–Kier alpha value is -5.86. The fourth-order valence-electron chi connectivity index (χ4n) is 13.9. The Labute approximate surface area is 856 Å².